The minimum absolute atomic E-state index is 0. The maximum atomic E-state index is 4.42. The molecule has 2 aliphatic rings. The van der Waals surface area contributed by atoms with Crippen molar-refractivity contribution in [2.45, 2.75) is 45.2 Å². The first-order valence-corrected chi connectivity index (χ1v) is 7.65. The van der Waals surface area contributed by atoms with Crippen molar-refractivity contribution in [1.82, 2.24) is 20.0 Å². The van der Waals surface area contributed by atoms with E-state index in [0.717, 1.165) is 18.5 Å². The number of aryl methyl sites for hydroxylation is 2. The molecule has 4 nitrogen and oxygen atoms in total. The molecular weight excluding hydrogens is 272 g/mol. The lowest BCUT2D eigenvalue weighted by atomic mass is 10.0. The molecule has 5 heteroatoms. The van der Waals surface area contributed by atoms with Gasteiger partial charge in [-0.3, -0.25) is 9.58 Å². The average Bonchev–Trinajstić information content (AvgIpc) is 3.16. The number of nitrogens with one attached hydrogen (secondary N) is 1. The summed E-state index contributed by atoms with van der Waals surface area (Å²) < 4.78 is 1.93. The smallest absolute Gasteiger partial charge is 0.0638 e. The van der Waals surface area contributed by atoms with E-state index in [0.29, 0.717) is 0 Å². The zero-order chi connectivity index (χ0) is 13.2. The van der Waals surface area contributed by atoms with Crippen LogP contribution in [0, 0.1) is 12.8 Å². The topological polar surface area (TPSA) is 33.1 Å². The molecule has 0 radical (unpaired) electrons. The summed E-state index contributed by atoms with van der Waals surface area (Å²) in [4.78, 5) is 2.57. The van der Waals surface area contributed by atoms with E-state index in [4.69, 9.17) is 0 Å². The molecule has 1 N–H and O–H groups in total. The fourth-order valence-corrected chi connectivity index (χ4v) is 3.00. The summed E-state index contributed by atoms with van der Waals surface area (Å²) in [6.45, 7) is 6.87. The van der Waals surface area contributed by atoms with Crippen molar-refractivity contribution in [3.63, 3.8) is 0 Å². The minimum atomic E-state index is 0. The molecule has 2 heterocycles. The van der Waals surface area contributed by atoms with Crippen LogP contribution >= 0.6 is 12.4 Å². The number of likely N-dealkylation sites (tertiary alicyclic amines) is 1. The molecule has 1 aromatic heterocycles. The first-order chi connectivity index (χ1) is 9.20. The van der Waals surface area contributed by atoms with Gasteiger partial charge in [0, 0.05) is 31.4 Å². The van der Waals surface area contributed by atoms with Crippen molar-refractivity contribution in [3.05, 3.63) is 17.5 Å². The van der Waals surface area contributed by atoms with Crippen LogP contribution in [-0.4, -0.2) is 40.4 Å². The lowest BCUT2D eigenvalue weighted by Crippen LogP contribution is -2.42. The second kappa shape index (κ2) is 6.92. The molecule has 3 rings (SSSR count). The fraction of sp³-hybridized carbons (Fsp3) is 0.800. The van der Waals surface area contributed by atoms with E-state index < -0.39 is 0 Å². The molecule has 1 saturated carbocycles. The Kier molecular flexibility index (Phi) is 5.47. The summed E-state index contributed by atoms with van der Waals surface area (Å²) in [7, 11) is 2.00. The van der Waals surface area contributed by atoms with Crippen LogP contribution in [0.25, 0.3) is 0 Å². The highest BCUT2D eigenvalue weighted by Crippen LogP contribution is 2.28. The van der Waals surface area contributed by atoms with Gasteiger partial charge in [-0.05, 0) is 58.2 Å². The van der Waals surface area contributed by atoms with Crippen molar-refractivity contribution < 1.29 is 0 Å². The zero-order valence-corrected chi connectivity index (χ0v) is 13.5. The second-order valence-corrected chi connectivity index (χ2v) is 6.32. The molecule has 114 valence electrons. The Hall–Kier alpha value is -0.580. The number of hydrogen-bond donors (Lipinski definition) is 1. The number of hydrogen-bond acceptors (Lipinski definition) is 3. The van der Waals surface area contributed by atoms with E-state index in [1.54, 1.807) is 0 Å². The zero-order valence-electron chi connectivity index (χ0n) is 12.6. The molecule has 2 fully saturated rings. The number of aromatic nitrogens is 2. The van der Waals surface area contributed by atoms with Gasteiger partial charge in [0.2, 0.25) is 0 Å². The van der Waals surface area contributed by atoms with Gasteiger partial charge in [-0.2, -0.15) is 5.10 Å². The maximum absolute atomic E-state index is 4.42. The second-order valence-electron chi connectivity index (χ2n) is 6.32. The van der Waals surface area contributed by atoms with Crippen LogP contribution < -0.4 is 5.32 Å². The lowest BCUT2D eigenvalue weighted by molar-refractivity contribution is 0.190. The molecule has 1 aliphatic carbocycles. The van der Waals surface area contributed by atoms with Crippen LogP contribution in [0.4, 0.5) is 0 Å². The van der Waals surface area contributed by atoms with Crippen LogP contribution in [-0.2, 0) is 13.6 Å². The molecule has 0 amide bonds. The van der Waals surface area contributed by atoms with Crippen LogP contribution in [0.5, 0.6) is 0 Å². The van der Waals surface area contributed by atoms with Gasteiger partial charge in [0.15, 0.2) is 0 Å². The Bertz CT molecular complexity index is 420. The van der Waals surface area contributed by atoms with Gasteiger partial charge in [-0.15, -0.1) is 12.4 Å². The molecule has 0 atom stereocenters. The summed E-state index contributed by atoms with van der Waals surface area (Å²) in [5.41, 5.74) is 2.56. The molecule has 1 saturated heterocycles. The minimum Gasteiger partial charge on any atom is -0.314 e. The van der Waals surface area contributed by atoms with Gasteiger partial charge < -0.3 is 5.32 Å². The quantitative estimate of drug-likeness (QED) is 0.904. The third-order valence-corrected chi connectivity index (χ3v) is 4.49. The molecular formula is C15H27ClN4. The van der Waals surface area contributed by atoms with E-state index in [1.165, 1.54) is 56.6 Å². The Labute approximate surface area is 128 Å². The SMILES string of the molecule is Cc1nn(C)cc1CN1CCC(NCC2CC2)CC1.Cl. The Morgan fingerprint density at radius 1 is 1.25 bits per heavy atom. The van der Waals surface area contributed by atoms with Crippen molar-refractivity contribution in [2.75, 3.05) is 19.6 Å². The molecule has 20 heavy (non-hydrogen) atoms. The molecule has 0 spiro atoms. The van der Waals surface area contributed by atoms with Gasteiger partial charge in [0.05, 0.1) is 5.69 Å². The van der Waals surface area contributed by atoms with Crippen molar-refractivity contribution in [3.8, 4) is 0 Å². The summed E-state index contributed by atoms with van der Waals surface area (Å²) in [6, 6.07) is 0.756. The van der Waals surface area contributed by atoms with Crippen LogP contribution in [0.1, 0.15) is 36.9 Å². The largest absolute Gasteiger partial charge is 0.314 e. The van der Waals surface area contributed by atoms with Crippen LogP contribution in [0.2, 0.25) is 0 Å². The van der Waals surface area contributed by atoms with E-state index in [1.807, 2.05) is 11.7 Å². The van der Waals surface area contributed by atoms with Crippen molar-refractivity contribution in [2.24, 2.45) is 13.0 Å². The Morgan fingerprint density at radius 2 is 1.95 bits per heavy atom. The Morgan fingerprint density at radius 3 is 2.50 bits per heavy atom. The van der Waals surface area contributed by atoms with Crippen molar-refractivity contribution in [1.29, 1.82) is 0 Å². The predicted molar refractivity (Wildman–Crippen MR) is 84.2 cm³/mol. The van der Waals surface area contributed by atoms with E-state index >= 15 is 0 Å². The third kappa shape index (κ3) is 4.21. The number of rotatable bonds is 5. The highest BCUT2D eigenvalue weighted by atomic mass is 35.5. The van der Waals surface area contributed by atoms with Gasteiger partial charge in [-0.25, -0.2) is 0 Å². The van der Waals surface area contributed by atoms with Crippen LogP contribution in [0.15, 0.2) is 6.20 Å². The molecule has 1 aromatic rings. The van der Waals surface area contributed by atoms with Crippen molar-refractivity contribution >= 4 is 12.4 Å². The monoisotopic (exact) mass is 298 g/mol. The van der Waals surface area contributed by atoms with Crippen LogP contribution in [0.3, 0.4) is 0 Å². The number of halogens is 1. The summed E-state index contributed by atoms with van der Waals surface area (Å²) in [5, 5.41) is 8.17. The summed E-state index contributed by atoms with van der Waals surface area (Å²) >= 11 is 0. The average molecular weight is 299 g/mol. The Balaban J connectivity index is 0.00000147. The fourth-order valence-electron chi connectivity index (χ4n) is 3.00. The number of piperidine rings is 1. The van der Waals surface area contributed by atoms with Gasteiger partial charge in [-0.1, -0.05) is 0 Å². The van der Waals surface area contributed by atoms with Gasteiger partial charge in [0.1, 0.15) is 0 Å². The molecule has 1 aliphatic heterocycles. The third-order valence-electron chi connectivity index (χ3n) is 4.49. The summed E-state index contributed by atoms with van der Waals surface area (Å²) in [5.74, 6) is 0.996. The first kappa shape index (κ1) is 15.8. The summed E-state index contributed by atoms with van der Waals surface area (Å²) in [6.07, 6.45) is 7.66. The standard InChI is InChI=1S/C15H26N4.ClH/c1-12-14(10-18(2)17-12)11-19-7-5-15(6-8-19)16-9-13-3-4-13;/h10,13,15-16H,3-9,11H2,1-2H3;1H. The van der Waals surface area contributed by atoms with E-state index in [2.05, 4.69) is 28.4 Å². The van der Waals surface area contributed by atoms with E-state index in [-0.39, 0.29) is 12.4 Å². The van der Waals surface area contributed by atoms with Gasteiger partial charge >= 0.3 is 0 Å². The molecule has 0 bridgehead atoms. The van der Waals surface area contributed by atoms with E-state index in [9.17, 15) is 0 Å². The highest BCUT2D eigenvalue weighted by molar-refractivity contribution is 5.85. The lowest BCUT2D eigenvalue weighted by Gasteiger charge is -2.32. The van der Waals surface area contributed by atoms with Gasteiger partial charge in [0.25, 0.3) is 0 Å². The molecule has 0 aromatic carbocycles. The molecule has 0 unspecified atom stereocenters. The highest BCUT2D eigenvalue weighted by Gasteiger charge is 2.24. The maximum Gasteiger partial charge on any atom is 0.0638 e. The first-order valence-electron chi connectivity index (χ1n) is 7.65. The predicted octanol–water partition coefficient (Wildman–Crippen LogP) is 2.11. The number of nitrogens with zero attached hydrogens (tertiary/aromatic N) is 3. The normalized spacial score (nSPS) is 20.9.